The summed E-state index contributed by atoms with van der Waals surface area (Å²) in [6, 6.07) is 11.4. The maximum absolute atomic E-state index is 5.29. The van der Waals surface area contributed by atoms with Crippen LogP contribution in [0, 0.1) is 13.8 Å². The van der Waals surface area contributed by atoms with Gasteiger partial charge in [-0.05, 0) is 37.5 Å². The Labute approximate surface area is 191 Å². The summed E-state index contributed by atoms with van der Waals surface area (Å²) in [6.07, 6.45) is 6.25. The molecule has 1 atom stereocenters. The number of methoxy groups -OCH3 is 1. The zero-order valence-electron chi connectivity index (χ0n) is 19.8. The Bertz CT molecular complexity index is 1070. The van der Waals surface area contributed by atoms with E-state index < -0.39 is 0 Å². The van der Waals surface area contributed by atoms with Gasteiger partial charge in [0.05, 0.1) is 12.3 Å². The van der Waals surface area contributed by atoms with Gasteiger partial charge in [0.25, 0.3) is 0 Å². The van der Waals surface area contributed by atoms with Crippen LogP contribution in [0.4, 0.5) is 0 Å². The van der Waals surface area contributed by atoms with Crippen molar-refractivity contribution in [1.82, 2.24) is 24.8 Å². The van der Waals surface area contributed by atoms with Gasteiger partial charge in [-0.15, -0.1) is 0 Å². The summed E-state index contributed by atoms with van der Waals surface area (Å²) in [6.45, 7) is 11.2. The molecule has 6 nitrogen and oxygen atoms in total. The van der Waals surface area contributed by atoms with Gasteiger partial charge in [-0.25, -0.2) is 9.50 Å². The molecule has 170 valence electrons. The topological polar surface area (TPSA) is 54.7 Å². The van der Waals surface area contributed by atoms with Gasteiger partial charge in [0, 0.05) is 62.7 Å². The maximum Gasteiger partial charge on any atom is 0.159 e. The van der Waals surface area contributed by atoms with E-state index in [0.717, 1.165) is 68.4 Å². The summed E-state index contributed by atoms with van der Waals surface area (Å²) >= 11 is 0. The van der Waals surface area contributed by atoms with Crippen molar-refractivity contribution < 1.29 is 4.74 Å². The van der Waals surface area contributed by atoms with Crippen molar-refractivity contribution in [2.75, 3.05) is 39.9 Å². The average Bonchev–Trinajstić information content (AvgIpc) is 3.13. The molecule has 1 aliphatic heterocycles. The number of hydrogen-bond acceptors (Lipinski definition) is 5. The van der Waals surface area contributed by atoms with Crippen LogP contribution >= 0.6 is 0 Å². The number of nitrogens with zero attached hydrogens (tertiary/aromatic N) is 4. The number of aromatic nitrogens is 3. The number of aryl methyl sites for hydroxylation is 3. The Kier molecular flexibility index (Phi) is 7.35. The summed E-state index contributed by atoms with van der Waals surface area (Å²) in [5.41, 5.74) is 8.07. The van der Waals surface area contributed by atoms with Gasteiger partial charge >= 0.3 is 0 Å². The van der Waals surface area contributed by atoms with Crippen molar-refractivity contribution in [3.8, 4) is 0 Å². The lowest BCUT2D eigenvalue weighted by Crippen LogP contribution is -2.52. The molecule has 0 bridgehead atoms. The standard InChI is InChI=1S/C26H35N5O/c1-5-25-24(26-28-19(2)15-20(3)31(26)29-25)16-22-10-8-21(9-11-22)7-6-13-30-14-12-27-23(17-30)18-32-4/h6-11,15,23,27H,5,12-14,16-18H2,1-4H3. The molecule has 1 aromatic carbocycles. The van der Waals surface area contributed by atoms with Crippen LogP contribution < -0.4 is 5.32 Å². The lowest BCUT2D eigenvalue weighted by molar-refractivity contribution is 0.121. The zero-order chi connectivity index (χ0) is 22.5. The minimum absolute atomic E-state index is 0.427. The van der Waals surface area contributed by atoms with Crippen molar-refractivity contribution in [2.24, 2.45) is 0 Å². The van der Waals surface area contributed by atoms with Crippen LogP contribution in [0.3, 0.4) is 0 Å². The Hall–Kier alpha value is -2.54. The first kappa shape index (κ1) is 22.6. The predicted octanol–water partition coefficient (Wildman–Crippen LogP) is 3.43. The van der Waals surface area contributed by atoms with Gasteiger partial charge in [-0.1, -0.05) is 43.3 Å². The molecule has 32 heavy (non-hydrogen) atoms. The number of hydrogen-bond donors (Lipinski definition) is 1. The highest BCUT2D eigenvalue weighted by molar-refractivity contribution is 5.55. The molecule has 1 saturated heterocycles. The van der Waals surface area contributed by atoms with Crippen molar-refractivity contribution in [3.05, 3.63) is 70.2 Å². The fourth-order valence-electron chi connectivity index (χ4n) is 4.54. The monoisotopic (exact) mass is 433 g/mol. The molecule has 1 N–H and O–H groups in total. The summed E-state index contributed by atoms with van der Waals surface area (Å²) in [5, 5.41) is 8.32. The fourth-order valence-corrected chi connectivity index (χ4v) is 4.54. The molecular formula is C26H35N5O. The van der Waals surface area contributed by atoms with E-state index in [9.17, 15) is 0 Å². The highest BCUT2D eigenvalue weighted by Crippen LogP contribution is 2.21. The highest BCUT2D eigenvalue weighted by atomic mass is 16.5. The molecule has 2 aromatic heterocycles. The summed E-state index contributed by atoms with van der Waals surface area (Å²) in [7, 11) is 1.77. The maximum atomic E-state index is 5.29. The third-order valence-electron chi connectivity index (χ3n) is 6.15. The Morgan fingerprint density at radius 3 is 2.78 bits per heavy atom. The third-order valence-corrected chi connectivity index (χ3v) is 6.15. The first-order chi connectivity index (χ1) is 15.6. The van der Waals surface area contributed by atoms with Crippen molar-refractivity contribution >= 4 is 11.7 Å². The minimum Gasteiger partial charge on any atom is -0.383 e. The van der Waals surface area contributed by atoms with Crippen LogP contribution in [-0.2, 0) is 17.6 Å². The molecule has 0 spiro atoms. The van der Waals surface area contributed by atoms with Gasteiger partial charge < -0.3 is 10.1 Å². The Balaban J connectivity index is 1.42. The normalized spacial score (nSPS) is 17.6. The van der Waals surface area contributed by atoms with Gasteiger partial charge in [0.1, 0.15) is 0 Å². The summed E-state index contributed by atoms with van der Waals surface area (Å²) < 4.78 is 7.28. The minimum atomic E-state index is 0.427. The highest BCUT2D eigenvalue weighted by Gasteiger charge is 2.18. The largest absolute Gasteiger partial charge is 0.383 e. The summed E-state index contributed by atoms with van der Waals surface area (Å²) in [4.78, 5) is 7.26. The van der Waals surface area contributed by atoms with Crippen LogP contribution in [-0.4, -0.2) is 65.4 Å². The SMILES string of the molecule is CCc1nn2c(C)cc(C)nc2c1Cc1ccc(C=CCN2CCNC(COC)C2)cc1. The van der Waals surface area contributed by atoms with Crippen LogP contribution in [0.2, 0.25) is 0 Å². The van der Waals surface area contributed by atoms with Gasteiger partial charge in [0.15, 0.2) is 5.65 Å². The number of benzene rings is 1. The Morgan fingerprint density at radius 2 is 2.03 bits per heavy atom. The lowest BCUT2D eigenvalue weighted by atomic mass is 10.0. The first-order valence-electron chi connectivity index (χ1n) is 11.6. The van der Waals surface area contributed by atoms with E-state index in [-0.39, 0.29) is 0 Å². The third kappa shape index (κ3) is 5.26. The smallest absolute Gasteiger partial charge is 0.159 e. The number of ether oxygens (including phenoxy) is 1. The zero-order valence-corrected chi connectivity index (χ0v) is 19.8. The van der Waals surface area contributed by atoms with Crippen LogP contribution in [0.25, 0.3) is 11.7 Å². The molecule has 0 aliphatic carbocycles. The Morgan fingerprint density at radius 1 is 1.22 bits per heavy atom. The second-order valence-corrected chi connectivity index (χ2v) is 8.74. The van der Waals surface area contributed by atoms with Crippen molar-refractivity contribution in [1.29, 1.82) is 0 Å². The molecule has 6 heteroatoms. The number of rotatable bonds is 8. The number of fused-ring (bicyclic) bond motifs is 1. The van der Waals surface area contributed by atoms with Crippen molar-refractivity contribution in [3.63, 3.8) is 0 Å². The van der Waals surface area contributed by atoms with Gasteiger partial charge in [-0.3, -0.25) is 4.90 Å². The van der Waals surface area contributed by atoms with E-state index in [0.29, 0.717) is 6.04 Å². The van der Waals surface area contributed by atoms with E-state index in [2.05, 4.69) is 73.5 Å². The molecule has 3 heterocycles. The quantitative estimate of drug-likeness (QED) is 0.590. The van der Waals surface area contributed by atoms with Crippen LogP contribution in [0.5, 0.6) is 0 Å². The molecule has 4 rings (SSSR count). The van der Waals surface area contributed by atoms with E-state index in [1.165, 1.54) is 16.7 Å². The second-order valence-electron chi connectivity index (χ2n) is 8.74. The molecular weight excluding hydrogens is 398 g/mol. The van der Waals surface area contributed by atoms with E-state index in [1.54, 1.807) is 7.11 Å². The fraction of sp³-hybridized carbons (Fsp3) is 0.462. The van der Waals surface area contributed by atoms with Crippen LogP contribution in [0.15, 0.2) is 36.4 Å². The van der Waals surface area contributed by atoms with E-state index >= 15 is 0 Å². The molecule has 1 aliphatic rings. The second kappa shape index (κ2) is 10.4. The molecule has 0 saturated carbocycles. The predicted molar refractivity (Wildman–Crippen MR) is 130 cm³/mol. The molecule has 3 aromatic rings. The first-order valence-corrected chi connectivity index (χ1v) is 11.6. The summed E-state index contributed by atoms with van der Waals surface area (Å²) in [5.74, 6) is 0. The van der Waals surface area contributed by atoms with Gasteiger partial charge in [0.2, 0.25) is 0 Å². The molecule has 0 radical (unpaired) electrons. The van der Waals surface area contributed by atoms with Crippen LogP contribution in [0.1, 0.15) is 40.7 Å². The van der Waals surface area contributed by atoms with Crippen molar-refractivity contribution in [2.45, 2.75) is 39.7 Å². The average molecular weight is 434 g/mol. The van der Waals surface area contributed by atoms with E-state index in [1.807, 2.05) is 4.52 Å². The lowest BCUT2D eigenvalue weighted by Gasteiger charge is -2.32. The van der Waals surface area contributed by atoms with E-state index in [4.69, 9.17) is 14.8 Å². The number of nitrogens with one attached hydrogen (secondary N) is 1. The molecule has 0 amide bonds. The molecule has 1 unspecified atom stereocenters. The number of piperazine rings is 1. The molecule has 1 fully saturated rings. The van der Waals surface area contributed by atoms with Gasteiger partial charge in [-0.2, -0.15) is 5.10 Å².